The largest absolute Gasteiger partial charge is 0.462 e. The third-order valence-corrected chi connectivity index (χ3v) is 8.93. The van der Waals surface area contributed by atoms with Gasteiger partial charge in [0, 0.05) is 43.3 Å². The molecule has 0 saturated carbocycles. The summed E-state index contributed by atoms with van der Waals surface area (Å²) in [5.41, 5.74) is -0.0668. The highest BCUT2D eigenvalue weighted by Crippen LogP contribution is 2.38. The first kappa shape index (κ1) is 31.4. The molecule has 4 heterocycles. The zero-order chi connectivity index (χ0) is 32.7. The van der Waals surface area contributed by atoms with E-state index < -0.39 is 41.6 Å². The number of likely N-dealkylation sites (N-methyl/N-ethyl adjacent to an activating group) is 1. The molecule has 2 aromatic heterocycles. The minimum atomic E-state index is -1.14. The number of ether oxygens (including phenoxy) is 1. The van der Waals surface area contributed by atoms with Crippen LogP contribution in [0.15, 0.2) is 48.9 Å². The molecule has 0 radical (unpaired) electrons. The topological polar surface area (TPSA) is 98.5 Å². The van der Waals surface area contributed by atoms with Gasteiger partial charge in [-0.25, -0.2) is 17.6 Å². The van der Waals surface area contributed by atoms with E-state index in [1.165, 1.54) is 23.2 Å². The van der Waals surface area contributed by atoms with Crippen molar-refractivity contribution in [1.29, 1.82) is 5.26 Å². The van der Waals surface area contributed by atoms with E-state index in [-0.39, 0.29) is 77.1 Å². The molecule has 2 aliphatic heterocycles. The van der Waals surface area contributed by atoms with E-state index in [0.717, 1.165) is 0 Å². The van der Waals surface area contributed by atoms with Crippen molar-refractivity contribution >= 4 is 45.0 Å². The molecule has 2 aliphatic rings. The van der Waals surface area contributed by atoms with Crippen molar-refractivity contribution in [2.45, 2.75) is 31.1 Å². The molecule has 238 valence electrons. The molecule has 0 N–H and O–H groups in total. The van der Waals surface area contributed by atoms with Gasteiger partial charge in [-0.15, -0.1) is 0 Å². The second kappa shape index (κ2) is 12.7. The fourth-order valence-corrected chi connectivity index (χ4v) is 6.40. The van der Waals surface area contributed by atoms with Crippen LogP contribution < -0.4 is 9.64 Å². The number of anilines is 1. The molecular weight excluding hydrogens is 626 g/mol. The number of pyridine rings is 1. The number of halogens is 5. The number of nitriles is 1. The molecule has 0 bridgehead atoms. The molecule has 0 aliphatic carbocycles. The number of likely N-dealkylation sites (tertiary alicyclic amines) is 1. The predicted octanol–water partition coefficient (Wildman–Crippen LogP) is 5.61. The third-order valence-electron chi connectivity index (χ3n) is 8.56. The summed E-state index contributed by atoms with van der Waals surface area (Å²) < 4.78 is 65.3. The van der Waals surface area contributed by atoms with Crippen LogP contribution in [0.5, 0.6) is 6.01 Å². The molecule has 0 unspecified atom stereocenters. The predicted molar refractivity (Wildman–Crippen MR) is 165 cm³/mol. The lowest BCUT2D eigenvalue weighted by molar-refractivity contribution is -0.131. The number of rotatable bonds is 7. The average Bonchev–Trinajstić information content (AvgIpc) is 3.37. The number of amides is 1. The van der Waals surface area contributed by atoms with Gasteiger partial charge < -0.3 is 14.5 Å². The fourth-order valence-electron chi connectivity index (χ4n) is 6.13. The summed E-state index contributed by atoms with van der Waals surface area (Å²) in [6.45, 7) is 3.76. The number of hydrogen-bond acceptors (Lipinski definition) is 8. The summed E-state index contributed by atoms with van der Waals surface area (Å²) >= 11 is 6.33. The lowest BCUT2D eigenvalue weighted by Crippen LogP contribution is -2.55. The number of piperazine rings is 1. The van der Waals surface area contributed by atoms with E-state index in [1.807, 2.05) is 11.0 Å². The minimum absolute atomic E-state index is 0.0280. The number of nitrogens with zero attached hydrogens (tertiary/aromatic N) is 7. The standard InChI is InChI=1S/C32H28ClF4N7O2/c1-17(34)31(45)44-13-12-43(15-19(44)8-10-38)30-21-14-39-28(20-5-3-4-18-6-7-23(36)26(33)25(18)20)27(37)29(21)40-32(41-30)46-16-24-22(35)9-11-42(24)2/h3-7,14,19,22,24H,1,8-9,11-13,15-16H2,2H3/t19-,22+,24-/m0/s1. The Labute approximate surface area is 266 Å². The number of benzene rings is 2. The van der Waals surface area contributed by atoms with Gasteiger partial charge in [-0.3, -0.25) is 14.7 Å². The van der Waals surface area contributed by atoms with Crippen LogP contribution >= 0.6 is 11.6 Å². The SMILES string of the molecule is C=C(F)C(=O)N1CCN(c2nc(OC[C@H]3[C@H](F)CCN3C)nc3c(F)c(-c4cccc5ccc(F)c(Cl)c45)ncc23)C[C@@H]1CC#N. The van der Waals surface area contributed by atoms with Crippen LogP contribution in [0.3, 0.4) is 0 Å². The van der Waals surface area contributed by atoms with Gasteiger partial charge in [0.25, 0.3) is 5.91 Å². The van der Waals surface area contributed by atoms with Crippen molar-refractivity contribution < 1.29 is 27.1 Å². The Bertz CT molecular complexity index is 1890. The Morgan fingerprint density at radius 3 is 2.72 bits per heavy atom. The number of alkyl halides is 1. The van der Waals surface area contributed by atoms with Gasteiger partial charge in [0.1, 0.15) is 35.6 Å². The lowest BCUT2D eigenvalue weighted by atomic mass is 10.0. The van der Waals surface area contributed by atoms with Crippen molar-refractivity contribution in [3.05, 3.63) is 65.6 Å². The molecule has 46 heavy (non-hydrogen) atoms. The van der Waals surface area contributed by atoms with Crippen molar-refractivity contribution in [3.63, 3.8) is 0 Å². The quantitative estimate of drug-likeness (QED) is 0.188. The summed E-state index contributed by atoms with van der Waals surface area (Å²) in [4.78, 5) is 30.5. The molecule has 2 fully saturated rings. The van der Waals surface area contributed by atoms with E-state index in [0.29, 0.717) is 18.4 Å². The first-order valence-electron chi connectivity index (χ1n) is 14.6. The summed E-state index contributed by atoms with van der Waals surface area (Å²) in [7, 11) is 1.78. The van der Waals surface area contributed by atoms with Crippen LogP contribution in [0.1, 0.15) is 12.8 Å². The van der Waals surface area contributed by atoms with Gasteiger partial charge in [0.2, 0.25) is 0 Å². The summed E-state index contributed by atoms with van der Waals surface area (Å²) in [5.74, 6) is -3.38. The van der Waals surface area contributed by atoms with Crippen molar-refractivity contribution in [2.75, 3.05) is 44.7 Å². The maximum absolute atomic E-state index is 16.6. The third kappa shape index (κ3) is 5.67. The zero-order valence-corrected chi connectivity index (χ0v) is 25.4. The van der Waals surface area contributed by atoms with Crippen LogP contribution in [0.2, 0.25) is 5.02 Å². The van der Waals surface area contributed by atoms with Crippen LogP contribution in [-0.2, 0) is 4.79 Å². The Balaban J connectivity index is 1.47. The Kier molecular flexibility index (Phi) is 8.67. The number of hydrogen-bond donors (Lipinski definition) is 0. The Morgan fingerprint density at radius 1 is 1.20 bits per heavy atom. The molecule has 2 saturated heterocycles. The molecule has 3 atom stereocenters. The van der Waals surface area contributed by atoms with Crippen LogP contribution in [0.4, 0.5) is 23.4 Å². The Hall–Kier alpha value is -4.54. The maximum atomic E-state index is 16.6. The highest BCUT2D eigenvalue weighted by molar-refractivity contribution is 6.36. The molecule has 0 spiro atoms. The average molecular weight is 654 g/mol. The molecule has 6 rings (SSSR count). The van der Waals surface area contributed by atoms with Crippen molar-refractivity contribution in [1.82, 2.24) is 24.8 Å². The van der Waals surface area contributed by atoms with Gasteiger partial charge >= 0.3 is 6.01 Å². The second-order valence-corrected chi connectivity index (χ2v) is 11.7. The van der Waals surface area contributed by atoms with Gasteiger partial charge in [0.15, 0.2) is 11.6 Å². The molecule has 1 amide bonds. The normalized spacial score (nSPS) is 20.3. The van der Waals surface area contributed by atoms with Crippen molar-refractivity contribution in [2.24, 2.45) is 0 Å². The Morgan fingerprint density at radius 2 is 2.00 bits per heavy atom. The minimum Gasteiger partial charge on any atom is -0.462 e. The number of fused-ring (bicyclic) bond motifs is 2. The van der Waals surface area contributed by atoms with E-state index in [1.54, 1.807) is 30.1 Å². The smallest absolute Gasteiger partial charge is 0.319 e. The van der Waals surface area contributed by atoms with E-state index >= 15 is 4.39 Å². The van der Waals surface area contributed by atoms with Crippen LogP contribution in [-0.4, -0.2) is 88.7 Å². The summed E-state index contributed by atoms with van der Waals surface area (Å²) in [5, 5.41) is 10.3. The zero-order valence-electron chi connectivity index (χ0n) is 24.7. The lowest BCUT2D eigenvalue weighted by Gasteiger charge is -2.41. The van der Waals surface area contributed by atoms with Gasteiger partial charge in [0.05, 0.1) is 35.0 Å². The second-order valence-electron chi connectivity index (χ2n) is 11.3. The molecule has 9 nitrogen and oxygen atoms in total. The molecule has 14 heteroatoms. The fraction of sp³-hybridized carbons (Fsp3) is 0.344. The molecular formula is C32H28ClF4N7O2. The van der Waals surface area contributed by atoms with Crippen LogP contribution in [0, 0.1) is 23.0 Å². The van der Waals surface area contributed by atoms with Gasteiger partial charge in [-0.2, -0.15) is 15.2 Å². The van der Waals surface area contributed by atoms with E-state index in [2.05, 4.69) is 21.5 Å². The van der Waals surface area contributed by atoms with Crippen molar-refractivity contribution in [3.8, 4) is 23.3 Å². The van der Waals surface area contributed by atoms with E-state index in [4.69, 9.17) is 16.3 Å². The monoisotopic (exact) mass is 653 g/mol. The first-order chi connectivity index (χ1) is 22.1. The first-order valence-corrected chi connectivity index (χ1v) is 14.9. The van der Waals surface area contributed by atoms with Gasteiger partial charge in [-0.05, 0) is 24.9 Å². The summed E-state index contributed by atoms with van der Waals surface area (Å²) in [6, 6.07) is 8.23. The molecule has 2 aromatic carbocycles. The maximum Gasteiger partial charge on any atom is 0.319 e. The van der Waals surface area contributed by atoms with Gasteiger partial charge in [-0.1, -0.05) is 42.4 Å². The summed E-state index contributed by atoms with van der Waals surface area (Å²) in [6.07, 6.45) is 0.488. The number of aromatic nitrogens is 3. The molecule has 4 aromatic rings. The van der Waals surface area contributed by atoms with Crippen LogP contribution in [0.25, 0.3) is 32.9 Å². The highest BCUT2D eigenvalue weighted by Gasteiger charge is 2.35. The van der Waals surface area contributed by atoms with E-state index in [9.17, 15) is 23.2 Å². The number of carbonyl (C=O) groups excluding carboxylic acids is 1. The highest BCUT2D eigenvalue weighted by atomic mass is 35.5. The number of carbonyl (C=O) groups is 1.